The van der Waals surface area contributed by atoms with E-state index in [1.165, 1.54) is 4.70 Å². The van der Waals surface area contributed by atoms with Crippen molar-refractivity contribution < 1.29 is 4.79 Å². The predicted octanol–water partition coefficient (Wildman–Crippen LogP) is 4.33. The van der Waals surface area contributed by atoms with Crippen LogP contribution in [0.1, 0.15) is 23.4 Å². The lowest BCUT2D eigenvalue weighted by Crippen LogP contribution is -2.51. The molecule has 28 heavy (non-hydrogen) atoms. The first-order valence-corrected chi connectivity index (χ1v) is 11.0. The number of nitrogens with zero attached hydrogens (tertiary/aromatic N) is 3. The van der Waals surface area contributed by atoms with E-state index in [-0.39, 0.29) is 11.3 Å². The normalized spacial score (nSPS) is 19.1. The van der Waals surface area contributed by atoms with Gasteiger partial charge < -0.3 is 4.90 Å². The van der Waals surface area contributed by atoms with Crippen LogP contribution in [0.3, 0.4) is 0 Å². The smallest absolute Gasteiger partial charge is 0.233 e. The molecule has 2 fully saturated rings. The molecule has 1 aliphatic carbocycles. The van der Waals surface area contributed by atoms with Crippen molar-refractivity contribution in [3.05, 3.63) is 64.1 Å². The van der Waals surface area contributed by atoms with E-state index in [0.29, 0.717) is 0 Å². The van der Waals surface area contributed by atoms with Gasteiger partial charge in [0, 0.05) is 31.2 Å². The molecule has 5 rings (SSSR count). The van der Waals surface area contributed by atoms with Gasteiger partial charge in [-0.1, -0.05) is 35.9 Å². The van der Waals surface area contributed by atoms with Crippen LogP contribution in [0.2, 0.25) is 5.02 Å². The van der Waals surface area contributed by atoms with Crippen molar-refractivity contribution in [1.82, 2.24) is 14.8 Å². The Balaban J connectivity index is 1.22. The van der Waals surface area contributed by atoms with Crippen LogP contribution in [0.15, 0.2) is 48.5 Å². The number of fused-ring (bicyclic) bond motifs is 1. The molecule has 0 spiro atoms. The molecule has 144 valence electrons. The highest BCUT2D eigenvalue weighted by molar-refractivity contribution is 7.18. The van der Waals surface area contributed by atoms with Crippen molar-refractivity contribution in [2.45, 2.75) is 24.8 Å². The zero-order chi connectivity index (χ0) is 19.1. The first kappa shape index (κ1) is 18.1. The molecule has 4 nitrogen and oxygen atoms in total. The van der Waals surface area contributed by atoms with E-state index >= 15 is 0 Å². The number of hydrogen-bond donors (Lipinski definition) is 0. The van der Waals surface area contributed by atoms with Crippen LogP contribution in [0.25, 0.3) is 10.2 Å². The molecule has 0 radical (unpaired) electrons. The summed E-state index contributed by atoms with van der Waals surface area (Å²) < 4.78 is 1.24. The second-order valence-electron chi connectivity index (χ2n) is 7.73. The molecule has 6 heteroatoms. The molecule has 0 N–H and O–H groups in total. The minimum atomic E-state index is -0.306. The lowest BCUT2D eigenvalue weighted by atomic mass is 9.94. The standard InChI is InChI=1S/C22H22ClN3OS/c23-17-7-5-16(6-8-17)22(9-10-22)21(27)26-13-11-25(12-14-26)15-20-24-18-3-1-2-4-19(18)28-20/h1-8H,9-15H2. The molecule has 1 aliphatic heterocycles. The van der Waals surface area contributed by atoms with Crippen LogP contribution in [-0.4, -0.2) is 46.9 Å². The van der Waals surface area contributed by atoms with E-state index in [9.17, 15) is 4.79 Å². The maximum absolute atomic E-state index is 13.2. The van der Waals surface area contributed by atoms with E-state index in [4.69, 9.17) is 16.6 Å². The Morgan fingerprint density at radius 1 is 1.04 bits per heavy atom. The molecule has 2 aromatic carbocycles. The molecule has 1 aromatic heterocycles. The number of hydrogen-bond acceptors (Lipinski definition) is 4. The maximum Gasteiger partial charge on any atom is 0.233 e. The fraction of sp³-hybridized carbons (Fsp3) is 0.364. The number of para-hydroxylation sites is 1. The molecule has 3 aromatic rings. The third-order valence-electron chi connectivity index (χ3n) is 5.91. The number of benzene rings is 2. The Hall–Kier alpha value is -1.95. The van der Waals surface area contributed by atoms with Gasteiger partial charge in [0.05, 0.1) is 22.2 Å². The van der Waals surface area contributed by atoms with Crippen molar-refractivity contribution in [3.63, 3.8) is 0 Å². The second-order valence-corrected chi connectivity index (χ2v) is 9.28. The molecule has 0 unspecified atom stereocenters. The number of piperazine rings is 1. The van der Waals surface area contributed by atoms with Crippen molar-refractivity contribution in [2.24, 2.45) is 0 Å². The summed E-state index contributed by atoms with van der Waals surface area (Å²) in [4.78, 5) is 22.4. The number of carbonyl (C=O) groups is 1. The lowest BCUT2D eigenvalue weighted by Gasteiger charge is -2.36. The Bertz CT molecular complexity index is 971. The van der Waals surface area contributed by atoms with Crippen LogP contribution >= 0.6 is 22.9 Å². The topological polar surface area (TPSA) is 36.4 Å². The van der Waals surface area contributed by atoms with Crippen molar-refractivity contribution in [1.29, 1.82) is 0 Å². The van der Waals surface area contributed by atoms with Gasteiger partial charge in [-0.3, -0.25) is 9.69 Å². The first-order chi connectivity index (χ1) is 13.6. The van der Waals surface area contributed by atoms with Gasteiger partial charge in [0.25, 0.3) is 0 Å². The largest absolute Gasteiger partial charge is 0.339 e. The van der Waals surface area contributed by atoms with Gasteiger partial charge in [-0.2, -0.15) is 0 Å². The van der Waals surface area contributed by atoms with Crippen LogP contribution in [-0.2, 0) is 16.8 Å². The second kappa shape index (κ2) is 7.14. The molecule has 2 heterocycles. The van der Waals surface area contributed by atoms with Gasteiger partial charge in [-0.15, -0.1) is 11.3 Å². The molecule has 1 saturated carbocycles. The van der Waals surface area contributed by atoms with Gasteiger partial charge in [-0.05, 0) is 42.7 Å². The number of thiazole rings is 1. The fourth-order valence-corrected chi connectivity index (χ4v) is 5.25. The minimum Gasteiger partial charge on any atom is -0.339 e. The van der Waals surface area contributed by atoms with Crippen molar-refractivity contribution >= 4 is 39.1 Å². The zero-order valence-electron chi connectivity index (χ0n) is 15.6. The molecule has 0 atom stereocenters. The van der Waals surface area contributed by atoms with E-state index in [0.717, 1.165) is 66.7 Å². The average Bonchev–Trinajstić information content (AvgIpc) is 3.42. The van der Waals surface area contributed by atoms with Gasteiger partial charge in [0.1, 0.15) is 5.01 Å². The van der Waals surface area contributed by atoms with Gasteiger partial charge in [0.2, 0.25) is 5.91 Å². The summed E-state index contributed by atoms with van der Waals surface area (Å²) in [6.45, 7) is 4.25. The van der Waals surface area contributed by atoms with Crippen LogP contribution in [0.5, 0.6) is 0 Å². The molecule has 0 bridgehead atoms. The van der Waals surface area contributed by atoms with E-state index < -0.39 is 0 Å². The Labute approximate surface area is 173 Å². The summed E-state index contributed by atoms with van der Waals surface area (Å²) in [5, 5.41) is 1.87. The highest BCUT2D eigenvalue weighted by Gasteiger charge is 2.53. The lowest BCUT2D eigenvalue weighted by molar-refractivity contribution is -0.135. The van der Waals surface area contributed by atoms with Gasteiger partial charge >= 0.3 is 0 Å². The quantitative estimate of drug-likeness (QED) is 0.641. The van der Waals surface area contributed by atoms with E-state index in [1.54, 1.807) is 11.3 Å². The maximum atomic E-state index is 13.2. The van der Waals surface area contributed by atoms with Crippen LogP contribution < -0.4 is 0 Å². The third-order valence-corrected chi connectivity index (χ3v) is 7.19. The van der Waals surface area contributed by atoms with Crippen molar-refractivity contribution in [3.8, 4) is 0 Å². The van der Waals surface area contributed by atoms with E-state index in [1.807, 2.05) is 30.3 Å². The molecular formula is C22H22ClN3OS. The zero-order valence-corrected chi connectivity index (χ0v) is 17.2. The summed E-state index contributed by atoms with van der Waals surface area (Å²) in [5.41, 5.74) is 1.88. The van der Waals surface area contributed by atoms with Gasteiger partial charge in [0.15, 0.2) is 0 Å². The number of carbonyl (C=O) groups excluding carboxylic acids is 1. The SMILES string of the molecule is O=C(N1CCN(Cc2nc3ccccc3s2)CC1)C1(c2ccc(Cl)cc2)CC1. The number of amides is 1. The monoisotopic (exact) mass is 411 g/mol. The summed E-state index contributed by atoms with van der Waals surface area (Å²) in [7, 11) is 0. The van der Waals surface area contributed by atoms with Crippen molar-refractivity contribution in [2.75, 3.05) is 26.2 Å². The summed E-state index contributed by atoms with van der Waals surface area (Å²) >= 11 is 7.78. The van der Waals surface area contributed by atoms with Crippen LogP contribution in [0, 0.1) is 0 Å². The molecule has 2 aliphatic rings. The highest BCUT2D eigenvalue weighted by atomic mass is 35.5. The van der Waals surface area contributed by atoms with Gasteiger partial charge in [-0.25, -0.2) is 4.98 Å². The Morgan fingerprint density at radius 2 is 1.75 bits per heavy atom. The first-order valence-electron chi connectivity index (χ1n) is 9.76. The summed E-state index contributed by atoms with van der Waals surface area (Å²) in [5.74, 6) is 0.287. The minimum absolute atomic E-state index is 0.287. The number of aromatic nitrogens is 1. The number of rotatable bonds is 4. The Kier molecular flexibility index (Phi) is 4.62. The summed E-state index contributed by atoms with van der Waals surface area (Å²) in [6, 6.07) is 16.1. The molecular weight excluding hydrogens is 390 g/mol. The predicted molar refractivity (Wildman–Crippen MR) is 114 cm³/mol. The molecule has 1 saturated heterocycles. The fourth-order valence-electron chi connectivity index (χ4n) is 4.11. The number of halogens is 1. The third kappa shape index (κ3) is 3.32. The Morgan fingerprint density at radius 3 is 2.43 bits per heavy atom. The highest BCUT2D eigenvalue weighted by Crippen LogP contribution is 2.49. The van der Waals surface area contributed by atoms with Crippen LogP contribution in [0.4, 0.5) is 0 Å². The molecule has 1 amide bonds. The summed E-state index contributed by atoms with van der Waals surface area (Å²) in [6.07, 6.45) is 1.89. The van der Waals surface area contributed by atoms with E-state index in [2.05, 4.69) is 28.0 Å². The average molecular weight is 412 g/mol.